The van der Waals surface area contributed by atoms with E-state index >= 15 is 0 Å². The highest BCUT2D eigenvalue weighted by Gasteiger charge is 2.18. The summed E-state index contributed by atoms with van der Waals surface area (Å²) in [5.74, 6) is 1.22. The van der Waals surface area contributed by atoms with Crippen LogP contribution in [0.25, 0.3) is 0 Å². The minimum Gasteiger partial charge on any atom is -0.349 e. The lowest BCUT2D eigenvalue weighted by Crippen LogP contribution is -2.37. The van der Waals surface area contributed by atoms with Gasteiger partial charge in [-0.3, -0.25) is 9.80 Å². The maximum atomic E-state index is 12.2. The second kappa shape index (κ2) is 9.85. The summed E-state index contributed by atoms with van der Waals surface area (Å²) >= 11 is 0. The SMILES string of the molecule is CN(CC#N)CCN1CCc2nc(NC(=N/C=C/F)N(C)C)ccc2C1. The van der Waals surface area contributed by atoms with E-state index in [2.05, 4.69) is 32.3 Å². The Bertz CT molecular complexity index is 693. The lowest BCUT2D eigenvalue weighted by atomic mass is 10.1. The Morgan fingerprint density at radius 3 is 2.96 bits per heavy atom. The van der Waals surface area contributed by atoms with Crippen LogP contribution in [0.4, 0.5) is 10.2 Å². The molecule has 0 aromatic carbocycles. The van der Waals surface area contributed by atoms with Crippen molar-refractivity contribution in [2.75, 3.05) is 52.6 Å². The molecule has 0 fully saturated rings. The number of pyridine rings is 1. The molecule has 0 spiro atoms. The number of likely N-dealkylation sites (N-methyl/N-ethyl adjacent to an activating group) is 1. The number of fused-ring (bicyclic) bond motifs is 1. The van der Waals surface area contributed by atoms with Crippen molar-refractivity contribution in [1.82, 2.24) is 19.7 Å². The average Bonchev–Trinajstić information content (AvgIpc) is 2.63. The second-order valence-electron chi connectivity index (χ2n) is 6.47. The maximum absolute atomic E-state index is 12.2. The van der Waals surface area contributed by atoms with E-state index in [1.54, 1.807) is 4.90 Å². The van der Waals surface area contributed by atoms with Gasteiger partial charge in [0.05, 0.1) is 18.8 Å². The molecule has 7 nitrogen and oxygen atoms in total. The molecule has 0 aliphatic carbocycles. The summed E-state index contributed by atoms with van der Waals surface area (Å²) in [4.78, 5) is 14.9. The van der Waals surface area contributed by atoms with E-state index < -0.39 is 0 Å². The molecule has 2 rings (SSSR count). The van der Waals surface area contributed by atoms with Crippen LogP contribution in [0.15, 0.2) is 29.7 Å². The molecule has 1 N–H and O–H groups in total. The molecular formula is C18H26FN7. The molecule has 0 radical (unpaired) electrons. The summed E-state index contributed by atoms with van der Waals surface area (Å²) in [5.41, 5.74) is 2.30. The van der Waals surface area contributed by atoms with Gasteiger partial charge >= 0.3 is 0 Å². The Morgan fingerprint density at radius 2 is 2.27 bits per heavy atom. The van der Waals surface area contributed by atoms with Crippen LogP contribution in [-0.4, -0.2) is 73.0 Å². The first-order valence-electron chi connectivity index (χ1n) is 8.57. The van der Waals surface area contributed by atoms with E-state index in [0.29, 0.717) is 24.7 Å². The summed E-state index contributed by atoms with van der Waals surface area (Å²) in [6.45, 7) is 4.07. The molecule has 8 heteroatoms. The molecule has 140 valence electrons. The highest BCUT2D eigenvalue weighted by molar-refractivity contribution is 5.92. The first-order valence-corrected chi connectivity index (χ1v) is 8.57. The number of guanidine groups is 1. The monoisotopic (exact) mass is 359 g/mol. The lowest BCUT2D eigenvalue weighted by Gasteiger charge is -2.29. The summed E-state index contributed by atoms with van der Waals surface area (Å²) in [6, 6.07) is 6.16. The minimum absolute atomic E-state index is 0.397. The summed E-state index contributed by atoms with van der Waals surface area (Å²) in [6.07, 6.45) is 2.38. The largest absolute Gasteiger partial charge is 0.349 e. The van der Waals surface area contributed by atoms with Crippen molar-refractivity contribution >= 4 is 11.8 Å². The van der Waals surface area contributed by atoms with E-state index in [-0.39, 0.29) is 0 Å². The van der Waals surface area contributed by atoms with Crippen LogP contribution in [0.2, 0.25) is 0 Å². The minimum atomic E-state index is 0.397. The van der Waals surface area contributed by atoms with Gasteiger partial charge in [-0.2, -0.15) is 5.26 Å². The fourth-order valence-corrected chi connectivity index (χ4v) is 2.72. The van der Waals surface area contributed by atoms with Crippen molar-refractivity contribution in [3.8, 4) is 6.07 Å². The number of nitrogens with zero attached hydrogens (tertiary/aromatic N) is 6. The van der Waals surface area contributed by atoms with Gasteiger partial charge in [0, 0.05) is 52.4 Å². The van der Waals surface area contributed by atoms with Gasteiger partial charge in [-0.25, -0.2) is 14.4 Å². The molecule has 26 heavy (non-hydrogen) atoms. The molecule has 0 saturated heterocycles. The number of rotatable bonds is 6. The third-order valence-corrected chi connectivity index (χ3v) is 4.18. The number of hydrogen-bond donors (Lipinski definition) is 1. The Morgan fingerprint density at radius 1 is 1.46 bits per heavy atom. The van der Waals surface area contributed by atoms with Crippen LogP contribution < -0.4 is 5.32 Å². The summed E-state index contributed by atoms with van der Waals surface area (Å²) in [5, 5.41) is 11.8. The highest BCUT2D eigenvalue weighted by atomic mass is 19.1. The number of anilines is 1. The van der Waals surface area contributed by atoms with Crippen molar-refractivity contribution in [1.29, 1.82) is 5.26 Å². The molecular weight excluding hydrogens is 333 g/mol. The maximum Gasteiger partial charge on any atom is 0.203 e. The molecule has 0 atom stereocenters. The third kappa shape index (κ3) is 5.79. The van der Waals surface area contributed by atoms with Crippen LogP contribution in [-0.2, 0) is 13.0 Å². The van der Waals surface area contributed by atoms with Gasteiger partial charge in [-0.05, 0) is 18.7 Å². The molecule has 1 aliphatic heterocycles. The topological polar surface area (TPSA) is 70.8 Å². The van der Waals surface area contributed by atoms with Gasteiger partial charge in [0.2, 0.25) is 5.96 Å². The smallest absolute Gasteiger partial charge is 0.203 e. The standard InChI is InChI=1S/C18H26FN7/c1-24(2)18(21-9-7-19)23-17-5-4-15-14-26(10-6-16(15)22-17)13-12-25(3)11-8-20/h4-5,7,9H,6,10-14H2,1-3H3,(H,21,22,23)/b9-7+. The van der Waals surface area contributed by atoms with Gasteiger partial charge in [0.1, 0.15) is 12.1 Å². The van der Waals surface area contributed by atoms with Gasteiger partial charge in [-0.1, -0.05) is 6.07 Å². The van der Waals surface area contributed by atoms with Crippen LogP contribution in [0.3, 0.4) is 0 Å². The van der Waals surface area contributed by atoms with Crippen molar-refractivity contribution < 1.29 is 4.39 Å². The number of nitriles is 1. The zero-order valence-electron chi connectivity index (χ0n) is 15.6. The first kappa shape index (κ1) is 19.8. The fraction of sp³-hybridized carbons (Fsp3) is 0.500. The van der Waals surface area contributed by atoms with Gasteiger partial charge in [0.15, 0.2) is 0 Å². The fourth-order valence-electron chi connectivity index (χ4n) is 2.72. The van der Waals surface area contributed by atoms with Crippen molar-refractivity contribution in [3.05, 3.63) is 35.9 Å². The second-order valence-corrected chi connectivity index (χ2v) is 6.47. The number of nitrogens with one attached hydrogen (secondary N) is 1. The van der Waals surface area contributed by atoms with Crippen molar-refractivity contribution in [2.45, 2.75) is 13.0 Å². The number of hydrogen-bond acceptors (Lipinski definition) is 5. The zero-order valence-corrected chi connectivity index (χ0v) is 15.6. The molecule has 2 heterocycles. The molecule has 1 aliphatic rings. The van der Waals surface area contributed by atoms with E-state index in [9.17, 15) is 4.39 Å². The van der Waals surface area contributed by atoms with E-state index in [1.165, 1.54) is 5.56 Å². The Balaban J connectivity index is 1.99. The number of aromatic nitrogens is 1. The molecule has 0 saturated carbocycles. The zero-order chi connectivity index (χ0) is 18.9. The third-order valence-electron chi connectivity index (χ3n) is 4.18. The Kier molecular flexibility index (Phi) is 7.51. The molecule has 1 aromatic rings. The number of halogens is 1. The highest BCUT2D eigenvalue weighted by Crippen LogP contribution is 2.19. The van der Waals surface area contributed by atoms with E-state index in [4.69, 9.17) is 5.26 Å². The van der Waals surface area contributed by atoms with Crippen LogP contribution in [0, 0.1) is 11.3 Å². The molecule has 0 unspecified atom stereocenters. The van der Waals surface area contributed by atoms with Crippen LogP contribution in [0.5, 0.6) is 0 Å². The predicted octanol–water partition coefficient (Wildman–Crippen LogP) is 1.67. The first-order chi connectivity index (χ1) is 12.5. The van der Waals surface area contributed by atoms with E-state index in [0.717, 1.165) is 44.5 Å². The van der Waals surface area contributed by atoms with Gasteiger partial charge < -0.3 is 10.2 Å². The Hall–Kier alpha value is -2.50. The predicted molar refractivity (Wildman–Crippen MR) is 101 cm³/mol. The van der Waals surface area contributed by atoms with Crippen molar-refractivity contribution in [3.63, 3.8) is 0 Å². The summed E-state index contributed by atoms with van der Waals surface area (Å²) < 4.78 is 12.2. The normalized spacial score (nSPS) is 15.2. The summed E-state index contributed by atoms with van der Waals surface area (Å²) in [7, 11) is 5.62. The molecule has 0 amide bonds. The van der Waals surface area contributed by atoms with Crippen molar-refractivity contribution in [2.24, 2.45) is 4.99 Å². The van der Waals surface area contributed by atoms with Crippen LogP contribution in [0.1, 0.15) is 11.3 Å². The molecule has 1 aromatic heterocycles. The Labute approximate surface area is 154 Å². The van der Waals surface area contributed by atoms with Gasteiger partial charge in [0.25, 0.3) is 0 Å². The average molecular weight is 359 g/mol. The lowest BCUT2D eigenvalue weighted by molar-refractivity contribution is 0.218. The van der Waals surface area contributed by atoms with Crippen LogP contribution >= 0.6 is 0 Å². The van der Waals surface area contributed by atoms with E-state index in [1.807, 2.05) is 32.1 Å². The quantitative estimate of drug-likeness (QED) is 0.473. The van der Waals surface area contributed by atoms with Gasteiger partial charge in [-0.15, -0.1) is 0 Å². The number of aliphatic imine (C=N–C) groups is 1. The molecule has 0 bridgehead atoms.